The molecule has 5 nitrogen and oxygen atoms in total. The van der Waals surface area contributed by atoms with E-state index in [9.17, 15) is 9.90 Å². The highest BCUT2D eigenvalue weighted by Gasteiger charge is 2.19. The molecule has 5 heteroatoms. The van der Waals surface area contributed by atoms with Crippen molar-refractivity contribution in [3.05, 3.63) is 71.7 Å². The van der Waals surface area contributed by atoms with Crippen LogP contribution in [-0.4, -0.2) is 38.4 Å². The Kier molecular flexibility index (Phi) is 4.39. The topological polar surface area (TPSA) is 57.8 Å². The van der Waals surface area contributed by atoms with Gasteiger partial charge in [0.15, 0.2) is 0 Å². The molecule has 0 aliphatic rings. The molecule has 0 atom stereocenters. The van der Waals surface area contributed by atoms with E-state index in [4.69, 9.17) is 0 Å². The molecule has 0 spiro atoms. The molecule has 0 aliphatic heterocycles. The Labute approximate surface area is 134 Å². The largest absolute Gasteiger partial charge is 0.395 e. The van der Waals surface area contributed by atoms with Gasteiger partial charge >= 0.3 is 0 Å². The minimum atomic E-state index is -0.138. The number of imidazole rings is 1. The van der Waals surface area contributed by atoms with Gasteiger partial charge < -0.3 is 10.0 Å². The van der Waals surface area contributed by atoms with E-state index in [0.29, 0.717) is 12.2 Å². The van der Waals surface area contributed by atoms with Gasteiger partial charge in [-0.1, -0.05) is 36.4 Å². The van der Waals surface area contributed by atoms with Crippen LogP contribution in [0.2, 0.25) is 0 Å². The highest BCUT2D eigenvalue weighted by molar-refractivity contribution is 5.93. The maximum atomic E-state index is 12.9. The predicted molar refractivity (Wildman–Crippen MR) is 88.2 cm³/mol. The Balaban J connectivity index is 1.92. The van der Waals surface area contributed by atoms with Gasteiger partial charge in [-0.15, -0.1) is 0 Å². The number of fused-ring (bicyclic) bond motifs is 1. The number of rotatable bonds is 5. The van der Waals surface area contributed by atoms with Gasteiger partial charge in [0, 0.05) is 19.3 Å². The molecular formula is C18H19N3O2. The average Bonchev–Trinajstić information content (AvgIpc) is 2.97. The van der Waals surface area contributed by atoms with Crippen LogP contribution in [0, 0.1) is 6.92 Å². The van der Waals surface area contributed by atoms with Crippen molar-refractivity contribution in [3.63, 3.8) is 0 Å². The van der Waals surface area contributed by atoms with Gasteiger partial charge in [-0.2, -0.15) is 0 Å². The number of hydrogen-bond donors (Lipinski definition) is 1. The number of carbonyl (C=O) groups excluding carboxylic acids is 1. The molecule has 118 valence electrons. The lowest BCUT2D eigenvalue weighted by molar-refractivity contribution is 0.0701. The van der Waals surface area contributed by atoms with Crippen molar-refractivity contribution < 1.29 is 9.90 Å². The Morgan fingerprint density at radius 2 is 2.00 bits per heavy atom. The second-order valence-corrected chi connectivity index (χ2v) is 5.51. The highest BCUT2D eigenvalue weighted by Crippen LogP contribution is 2.13. The summed E-state index contributed by atoms with van der Waals surface area (Å²) in [6.07, 6.45) is 3.49. The zero-order valence-electron chi connectivity index (χ0n) is 13.0. The number of pyridine rings is 1. The summed E-state index contributed by atoms with van der Waals surface area (Å²) in [7, 11) is 0. The molecule has 0 aliphatic carbocycles. The molecule has 23 heavy (non-hydrogen) atoms. The fraction of sp³-hybridized carbons (Fsp3) is 0.222. The van der Waals surface area contributed by atoms with E-state index in [2.05, 4.69) is 4.98 Å². The Morgan fingerprint density at radius 1 is 1.22 bits per heavy atom. The number of aryl methyl sites for hydroxylation is 1. The number of aromatic nitrogens is 2. The van der Waals surface area contributed by atoms with E-state index >= 15 is 0 Å². The van der Waals surface area contributed by atoms with E-state index in [1.807, 2.05) is 55.6 Å². The van der Waals surface area contributed by atoms with Crippen molar-refractivity contribution in [3.8, 4) is 0 Å². The van der Waals surface area contributed by atoms with Gasteiger partial charge in [-0.05, 0) is 24.1 Å². The van der Waals surface area contributed by atoms with E-state index < -0.39 is 0 Å². The van der Waals surface area contributed by atoms with Crippen molar-refractivity contribution in [2.45, 2.75) is 13.5 Å². The van der Waals surface area contributed by atoms with Crippen LogP contribution in [0.25, 0.3) is 5.65 Å². The molecule has 1 amide bonds. The molecule has 3 rings (SSSR count). The Morgan fingerprint density at radius 3 is 2.74 bits per heavy atom. The molecule has 0 fully saturated rings. The SMILES string of the molecule is Cc1ccc2ncc(C(=O)N(CCO)Cc3ccccc3)n2c1. The summed E-state index contributed by atoms with van der Waals surface area (Å²) >= 11 is 0. The fourth-order valence-electron chi connectivity index (χ4n) is 2.58. The number of nitrogens with zero attached hydrogens (tertiary/aromatic N) is 3. The Hall–Kier alpha value is -2.66. The summed E-state index contributed by atoms with van der Waals surface area (Å²) in [6, 6.07) is 13.6. The van der Waals surface area contributed by atoms with E-state index in [1.54, 1.807) is 15.5 Å². The van der Waals surface area contributed by atoms with E-state index in [1.165, 1.54) is 0 Å². The van der Waals surface area contributed by atoms with Gasteiger partial charge in [0.2, 0.25) is 0 Å². The minimum absolute atomic E-state index is 0.0751. The predicted octanol–water partition coefficient (Wildman–Crippen LogP) is 2.28. The van der Waals surface area contributed by atoms with Crippen LogP contribution in [0.15, 0.2) is 54.9 Å². The monoisotopic (exact) mass is 309 g/mol. The smallest absolute Gasteiger partial charge is 0.272 e. The molecule has 0 bridgehead atoms. The number of hydrogen-bond acceptors (Lipinski definition) is 3. The molecule has 2 aromatic heterocycles. The van der Waals surface area contributed by atoms with Gasteiger partial charge in [0.05, 0.1) is 12.8 Å². The third-order valence-electron chi connectivity index (χ3n) is 3.75. The maximum absolute atomic E-state index is 12.9. The molecule has 0 saturated carbocycles. The maximum Gasteiger partial charge on any atom is 0.272 e. The first kappa shape index (κ1) is 15.2. The zero-order chi connectivity index (χ0) is 16.2. The normalized spacial score (nSPS) is 10.9. The molecule has 0 saturated heterocycles. The van der Waals surface area contributed by atoms with Crippen molar-refractivity contribution in [2.75, 3.05) is 13.2 Å². The first-order valence-electron chi connectivity index (χ1n) is 7.57. The van der Waals surface area contributed by atoms with Gasteiger partial charge in [0.1, 0.15) is 11.3 Å². The molecule has 2 heterocycles. The van der Waals surface area contributed by atoms with Crippen LogP contribution >= 0.6 is 0 Å². The third kappa shape index (κ3) is 3.24. The van der Waals surface area contributed by atoms with Crippen molar-refractivity contribution in [2.24, 2.45) is 0 Å². The lowest BCUT2D eigenvalue weighted by Crippen LogP contribution is -2.33. The lowest BCUT2D eigenvalue weighted by Gasteiger charge is -2.21. The second-order valence-electron chi connectivity index (χ2n) is 5.51. The van der Waals surface area contributed by atoms with Gasteiger partial charge in [0.25, 0.3) is 5.91 Å². The van der Waals surface area contributed by atoms with E-state index in [-0.39, 0.29) is 19.1 Å². The van der Waals surface area contributed by atoms with Crippen molar-refractivity contribution in [1.29, 1.82) is 0 Å². The molecule has 1 N–H and O–H groups in total. The molecule has 0 unspecified atom stereocenters. The standard InChI is InChI=1S/C18H19N3O2/c1-14-7-8-17-19-11-16(21(17)12-14)18(23)20(9-10-22)13-15-5-3-2-4-6-15/h2-8,11-12,22H,9-10,13H2,1H3. The van der Waals surface area contributed by atoms with Crippen LogP contribution in [-0.2, 0) is 6.54 Å². The molecule has 0 radical (unpaired) electrons. The number of amides is 1. The van der Waals surface area contributed by atoms with Crippen LogP contribution < -0.4 is 0 Å². The van der Waals surface area contributed by atoms with Crippen molar-refractivity contribution >= 4 is 11.6 Å². The third-order valence-corrected chi connectivity index (χ3v) is 3.75. The minimum Gasteiger partial charge on any atom is -0.395 e. The van der Waals surface area contributed by atoms with Crippen LogP contribution in [0.3, 0.4) is 0 Å². The second kappa shape index (κ2) is 6.62. The Bertz CT molecular complexity index is 812. The summed E-state index contributed by atoms with van der Waals surface area (Å²) in [6.45, 7) is 2.64. The number of carbonyl (C=O) groups is 1. The van der Waals surface area contributed by atoms with Gasteiger partial charge in [-0.3, -0.25) is 9.20 Å². The van der Waals surface area contributed by atoms with Crippen LogP contribution in [0.5, 0.6) is 0 Å². The highest BCUT2D eigenvalue weighted by atomic mass is 16.3. The molecule has 1 aromatic carbocycles. The zero-order valence-corrected chi connectivity index (χ0v) is 13.0. The first-order chi connectivity index (χ1) is 11.2. The number of aliphatic hydroxyl groups excluding tert-OH is 1. The summed E-state index contributed by atoms with van der Waals surface area (Å²) in [5.41, 5.74) is 3.33. The van der Waals surface area contributed by atoms with Crippen LogP contribution in [0.4, 0.5) is 0 Å². The quantitative estimate of drug-likeness (QED) is 0.786. The lowest BCUT2D eigenvalue weighted by atomic mass is 10.2. The van der Waals surface area contributed by atoms with E-state index in [0.717, 1.165) is 16.8 Å². The number of aliphatic hydroxyl groups is 1. The average molecular weight is 309 g/mol. The summed E-state index contributed by atoms with van der Waals surface area (Å²) in [4.78, 5) is 18.8. The first-order valence-corrected chi connectivity index (χ1v) is 7.57. The molecular weight excluding hydrogens is 290 g/mol. The molecule has 3 aromatic rings. The fourth-order valence-corrected chi connectivity index (χ4v) is 2.58. The summed E-state index contributed by atoms with van der Waals surface area (Å²) in [5, 5.41) is 9.30. The number of benzene rings is 1. The summed E-state index contributed by atoms with van der Waals surface area (Å²) < 4.78 is 1.80. The van der Waals surface area contributed by atoms with Crippen LogP contribution in [0.1, 0.15) is 21.6 Å². The van der Waals surface area contributed by atoms with Crippen molar-refractivity contribution in [1.82, 2.24) is 14.3 Å². The van der Waals surface area contributed by atoms with Gasteiger partial charge in [-0.25, -0.2) is 4.98 Å². The summed E-state index contributed by atoms with van der Waals surface area (Å²) in [5.74, 6) is -0.138.